The van der Waals surface area contributed by atoms with Gasteiger partial charge in [0.25, 0.3) is 0 Å². The first-order valence-electron chi connectivity index (χ1n) is 6.25. The highest BCUT2D eigenvalue weighted by Crippen LogP contribution is 2.35. The van der Waals surface area contributed by atoms with Crippen LogP contribution in [0.15, 0.2) is 41.8 Å². The van der Waals surface area contributed by atoms with E-state index in [1.54, 1.807) is 17.4 Å². The molecular weight excluding hydrogens is 283 g/mol. The van der Waals surface area contributed by atoms with Gasteiger partial charge >= 0.3 is 6.18 Å². The SMILES string of the molecule is CC(C)(CNc1ccccc1C(F)(F)F)c1cccs1. The Morgan fingerprint density at radius 3 is 2.35 bits per heavy atom. The van der Waals surface area contributed by atoms with Crippen LogP contribution in [0.5, 0.6) is 0 Å². The molecule has 0 atom stereocenters. The molecule has 1 nitrogen and oxygen atoms in total. The summed E-state index contributed by atoms with van der Waals surface area (Å²) in [7, 11) is 0. The first-order chi connectivity index (χ1) is 9.31. The first kappa shape index (κ1) is 14.9. The van der Waals surface area contributed by atoms with Gasteiger partial charge in [-0.05, 0) is 23.6 Å². The maximum atomic E-state index is 12.9. The summed E-state index contributed by atoms with van der Waals surface area (Å²) >= 11 is 1.61. The highest BCUT2D eigenvalue weighted by molar-refractivity contribution is 7.10. The second kappa shape index (κ2) is 5.48. The lowest BCUT2D eigenvalue weighted by molar-refractivity contribution is -0.137. The van der Waals surface area contributed by atoms with Crippen LogP contribution in [0.3, 0.4) is 0 Å². The Labute approximate surface area is 120 Å². The molecule has 0 fully saturated rings. The normalized spacial score (nSPS) is 12.4. The van der Waals surface area contributed by atoms with E-state index in [0.29, 0.717) is 6.54 Å². The van der Waals surface area contributed by atoms with Crippen molar-refractivity contribution in [3.63, 3.8) is 0 Å². The molecule has 20 heavy (non-hydrogen) atoms. The Bertz CT molecular complexity index is 559. The third-order valence-corrected chi connectivity index (χ3v) is 4.38. The Morgan fingerprint density at radius 2 is 1.75 bits per heavy atom. The van der Waals surface area contributed by atoms with Gasteiger partial charge in [-0.25, -0.2) is 0 Å². The number of anilines is 1. The van der Waals surface area contributed by atoms with Crippen LogP contribution in [-0.4, -0.2) is 6.54 Å². The maximum absolute atomic E-state index is 12.9. The van der Waals surface area contributed by atoms with E-state index >= 15 is 0 Å². The van der Waals surface area contributed by atoms with Crippen LogP contribution in [0.2, 0.25) is 0 Å². The lowest BCUT2D eigenvalue weighted by Crippen LogP contribution is -2.27. The summed E-state index contributed by atoms with van der Waals surface area (Å²) in [5.41, 5.74) is -0.709. The van der Waals surface area contributed by atoms with E-state index in [2.05, 4.69) is 5.32 Å². The molecule has 5 heteroatoms. The number of rotatable bonds is 4. The molecular formula is C15H16F3NS. The Balaban J connectivity index is 2.16. The van der Waals surface area contributed by atoms with E-state index < -0.39 is 11.7 Å². The van der Waals surface area contributed by atoms with E-state index in [0.717, 1.165) is 10.9 Å². The third kappa shape index (κ3) is 3.33. The average molecular weight is 299 g/mol. The van der Waals surface area contributed by atoms with Gasteiger partial charge in [0.2, 0.25) is 0 Å². The molecule has 108 valence electrons. The van der Waals surface area contributed by atoms with Crippen LogP contribution in [0.1, 0.15) is 24.3 Å². The van der Waals surface area contributed by atoms with Crippen molar-refractivity contribution in [1.29, 1.82) is 0 Å². The molecule has 1 aromatic heterocycles. The highest BCUT2D eigenvalue weighted by atomic mass is 32.1. The molecule has 1 N–H and O–H groups in total. The first-order valence-corrected chi connectivity index (χ1v) is 7.13. The van der Waals surface area contributed by atoms with Crippen LogP contribution in [0, 0.1) is 0 Å². The molecule has 0 amide bonds. The van der Waals surface area contributed by atoms with Crippen LogP contribution < -0.4 is 5.32 Å². The maximum Gasteiger partial charge on any atom is 0.418 e. The van der Waals surface area contributed by atoms with Crippen molar-refractivity contribution in [2.24, 2.45) is 0 Å². The molecule has 0 spiro atoms. The quantitative estimate of drug-likeness (QED) is 0.822. The monoisotopic (exact) mass is 299 g/mol. The van der Waals surface area contributed by atoms with Gasteiger partial charge in [-0.1, -0.05) is 32.0 Å². The minimum Gasteiger partial charge on any atom is -0.384 e. The number of hydrogen-bond acceptors (Lipinski definition) is 2. The van der Waals surface area contributed by atoms with Crippen molar-refractivity contribution >= 4 is 17.0 Å². The van der Waals surface area contributed by atoms with Crippen LogP contribution >= 0.6 is 11.3 Å². The fraction of sp³-hybridized carbons (Fsp3) is 0.333. The van der Waals surface area contributed by atoms with E-state index in [1.165, 1.54) is 12.1 Å². The van der Waals surface area contributed by atoms with E-state index in [-0.39, 0.29) is 11.1 Å². The van der Waals surface area contributed by atoms with Gasteiger partial charge in [0.1, 0.15) is 0 Å². The number of hydrogen-bond donors (Lipinski definition) is 1. The molecule has 0 aliphatic heterocycles. The van der Waals surface area contributed by atoms with Gasteiger partial charge in [-0.15, -0.1) is 11.3 Å². The van der Waals surface area contributed by atoms with Gasteiger partial charge in [0.15, 0.2) is 0 Å². The van der Waals surface area contributed by atoms with Crippen LogP contribution in [0.4, 0.5) is 18.9 Å². The predicted octanol–water partition coefficient (Wildman–Crippen LogP) is 5.16. The lowest BCUT2D eigenvalue weighted by atomic mass is 9.91. The molecule has 0 aliphatic rings. The zero-order valence-corrected chi connectivity index (χ0v) is 12.1. The fourth-order valence-electron chi connectivity index (χ4n) is 1.95. The van der Waals surface area contributed by atoms with E-state index in [9.17, 15) is 13.2 Å². The fourth-order valence-corrected chi connectivity index (χ4v) is 2.80. The molecule has 2 aromatic rings. The summed E-state index contributed by atoms with van der Waals surface area (Å²) in [6.07, 6.45) is -4.34. The summed E-state index contributed by atoms with van der Waals surface area (Å²) in [5, 5.41) is 4.91. The van der Waals surface area contributed by atoms with Crippen LogP contribution in [-0.2, 0) is 11.6 Å². The third-order valence-electron chi connectivity index (χ3n) is 3.14. The van der Waals surface area contributed by atoms with Crippen molar-refractivity contribution in [2.45, 2.75) is 25.4 Å². The molecule has 1 heterocycles. The standard InChI is InChI=1S/C15H16F3NS/c1-14(2,13-8-5-9-20-13)10-19-12-7-4-3-6-11(12)15(16,17)18/h3-9,19H,10H2,1-2H3. The van der Waals surface area contributed by atoms with Gasteiger partial charge < -0.3 is 5.32 Å². The average Bonchev–Trinajstić information content (AvgIpc) is 2.90. The minimum absolute atomic E-state index is 0.129. The van der Waals surface area contributed by atoms with E-state index in [1.807, 2.05) is 31.4 Å². The Kier molecular flexibility index (Phi) is 4.09. The molecule has 0 radical (unpaired) electrons. The molecule has 0 saturated heterocycles. The van der Waals surface area contributed by atoms with Crippen molar-refractivity contribution in [3.8, 4) is 0 Å². The molecule has 1 aromatic carbocycles. The van der Waals surface area contributed by atoms with Gasteiger partial charge in [0.05, 0.1) is 5.56 Å². The summed E-state index contributed by atoms with van der Waals surface area (Å²) in [6, 6.07) is 9.52. The van der Waals surface area contributed by atoms with Crippen molar-refractivity contribution in [3.05, 3.63) is 52.2 Å². The topological polar surface area (TPSA) is 12.0 Å². The molecule has 0 aliphatic carbocycles. The highest BCUT2D eigenvalue weighted by Gasteiger charge is 2.33. The molecule has 0 saturated carbocycles. The van der Waals surface area contributed by atoms with Crippen molar-refractivity contribution < 1.29 is 13.2 Å². The summed E-state index contributed by atoms with van der Waals surface area (Å²) < 4.78 is 38.7. The molecule has 0 unspecified atom stereocenters. The van der Waals surface area contributed by atoms with E-state index in [4.69, 9.17) is 0 Å². The Hall–Kier alpha value is -1.49. The smallest absolute Gasteiger partial charge is 0.384 e. The minimum atomic E-state index is -4.34. The zero-order chi connectivity index (χ0) is 14.8. The van der Waals surface area contributed by atoms with Crippen LogP contribution in [0.25, 0.3) is 0 Å². The van der Waals surface area contributed by atoms with Gasteiger partial charge in [-0.2, -0.15) is 13.2 Å². The number of para-hydroxylation sites is 1. The van der Waals surface area contributed by atoms with Crippen molar-refractivity contribution in [2.75, 3.05) is 11.9 Å². The summed E-state index contributed by atoms with van der Waals surface area (Å²) in [5.74, 6) is 0. The second-order valence-electron chi connectivity index (χ2n) is 5.26. The number of alkyl halides is 3. The largest absolute Gasteiger partial charge is 0.418 e. The Morgan fingerprint density at radius 1 is 1.05 bits per heavy atom. The second-order valence-corrected chi connectivity index (χ2v) is 6.21. The number of nitrogens with one attached hydrogen (secondary N) is 1. The number of halogens is 3. The number of benzene rings is 1. The van der Waals surface area contributed by atoms with Crippen molar-refractivity contribution in [1.82, 2.24) is 0 Å². The van der Waals surface area contributed by atoms with Gasteiger partial charge in [0, 0.05) is 22.5 Å². The zero-order valence-electron chi connectivity index (χ0n) is 11.3. The summed E-state index contributed by atoms with van der Waals surface area (Å²) in [4.78, 5) is 1.15. The number of thiophene rings is 1. The summed E-state index contributed by atoms with van der Waals surface area (Å²) in [6.45, 7) is 4.48. The molecule has 2 rings (SSSR count). The van der Waals surface area contributed by atoms with Gasteiger partial charge in [-0.3, -0.25) is 0 Å². The molecule has 0 bridgehead atoms. The predicted molar refractivity (Wildman–Crippen MR) is 77.3 cm³/mol. The lowest BCUT2D eigenvalue weighted by Gasteiger charge is -2.25.